The Kier molecular flexibility index (Phi) is 3.65. The van der Waals surface area contributed by atoms with E-state index in [1.807, 2.05) is 18.2 Å². The highest BCUT2D eigenvalue weighted by molar-refractivity contribution is 6.30. The number of likely N-dealkylation sites (tertiary alicyclic amines) is 1. The van der Waals surface area contributed by atoms with Crippen molar-refractivity contribution in [1.29, 1.82) is 0 Å². The van der Waals surface area contributed by atoms with E-state index in [9.17, 15) is 4.79 Å². The smallest absolute Gasteiger partial charge is 0.358 e. The van der Waals surface area contributed by atoms with Gasteiger partial charge in [-0.05, 0) is 30.2 Å². The zero-order valence-electron chi connectivity index (χ0n) is 11.5. The van der Waals surface area contributed by atoms with Crippen LogP contribution in [0.2, 0.25) is 5.02 Å². The summed E-state index contributed by atoms with van der Waals surface area (Å²) in [7, 11) is 0. The van der Waals surface area contributed by atoms with Gasteiger partial charge < -0.3 is 5.11 Å². The average Bonchev–Trinajstić information content (AvgIpc) is 2.84. The third kappa shape index (κ3) is 2.91. The molecule has 1 aliphatic heterocycles. The maximum absolute atomic E-state index is 10.8. The molecule has 1 aromatic heterocycles. The maximum atomic E-state index is 10.8. The molecule has 6 nitrogen and oxygen atoms in total. The molecule has 0 unspecified atom stereocenters. The van der Waals surface area contributed by atoms with Crippen molar-refractivity contribution in [3.8, 4) is 0 Å². The number of carbonyl (C=O) groups is 1. The van der Waals surface area contributed by atoms with Gasteiger partial charge in [0, 0.05) is 24.7 Å². The predicted molar refractivity (Wildman–Crippen MR) is 77.5 cm³/mol. The van der Waals surface area contributed by atoms with Crippen molar-refractivity contribution in [1.82, 2.24) is 19.9 Å². The molecule has 0 radical (unpaired) electrons. The van der Waals surface area contributed by atoms with Crippen molar-refractivity contribution >= 4 is 17.6 Å². The summed E-state index contributed by atoms with van der Waals surface area (Å²) in [6.07, 6.45) is 1.48. The van der Waals surface area contributed by atoms with E-state index in [0.717, 1.165) is 24.7 Å². The maximum Gasteiger partial charge on any atom is 0.358 e. The number of halogens is 1. The van der Waals surface area contributed by atoms with Crippen LogP contribution >= 0.6 is 11.6 Å². The van der Waals surface area contributed by atoms with Crippen LogP contribution in [0.15, 0.2) is 24.4 Å². The summed E-state index contributed by atoms with van der Waals surface area (Å²) >= 11 is 5.95. The number of hydrogen-bond acceptors (Lipinski definition) is 4. The second-order valence-corrected chi connectivity index (χ2v) is 5.74. The number of benzene rings is 1. The molecule has 1 fully saturated rings. The van der Waals surface area contributed by atoms with E-state index >= 15 is 0 Å². The minimum atomic E-state index is -1.05. The average molecular weight is 307 g/mol. The SMILES string of the molecule is Cc1cc(Cl)ccc1CN1CC(n2cc(C(=O)O)nn2)C1. The largest absolute Gasteiger partial charge is 0.476 e. The Hall–Kier alpha value is -1.92. The second-order valence-electron chi connectivity index (χ2n) is 5.31. The molecule has 21 heavy (non-hydrogen) atoms. The minimum absolute atomic E-state index is 0.0120. The Morgan fingerprint density at radius 2 is 2.24 bits per heavy atom. The summed E-state index contributed by atoms with van der Waals surface area (Å²) in [5, 5.41) is 17.1. The molecule has 0 saturated carbocycles. The molecule has 0 atom stereocenters. The quantitative estimate of drug-likeness (QED) is 0.935. The third-order valence-corrected chi connectivity index (χ3v) is 3.98. The van der Waals surface area contributed by atoms with E-state index in [0.29, 0.717) is 0 Å². The fourth-order valence-corrected chi connectivity index (χ4v) is 2.70. The predicted octanol–water partition coefficient (Wildman–Crippen LogP) is 2.00. The summed E-state index contributed by atoms with van der Waals surface area (Å²) in [6, 6.07) is 6.10. The van der Waals surface area contributed by atoms with Crippen LogP contribution in [0.5, 0.6) is 0 Å². The van der Waals surface area contributed by atoms with Gasteiger partial charge in [-0.2, -0.15) is 0 Å². The van der Waals surface area contributed by atoms with E-state index < -0.39 is 5.97 Å². The first-order valence-corrected chi connectivity index (χ1v) is 7.03. The monoisotopic (exact) mass is 306 g/mol. The number of hydrogen-bond donors (Lipinski definition) is 1. The van der Waals surface area contributed by atoms with Crippen molar-refractivity contribution < 1.29 is 9.90 Å². The fourth-order valence-electron chi connectivity index (χ4n) is 2.47. The van der Waals surface area contributed by atoms with Gasteiger partial charge in [0.2, 0.25) is 0 Å². The van der Waals surface area contributed by atoms with Gasteiger partial charge in [0.05, 0.1) is 12.2 Å². The molecule has 2 heterocycles. The van der Waals surface area contributed by atoms with E-state index in [-0.39, 0.29) is 11.7 Å². The van der Waals surface area contributed by atoms with Crippen LogP contribution in [0.4, 0.5) is 0 Å². The molecule has 0 amide bonds. The molecule has 1 aromatic carbocycles. The number of aryl methyl sites for hydroxylation is 1. The molecule has 0 aliphatic carbocycles. The third-order valence-electron chi connectivity index (χ3n) is 3.74. The van der Waals surface area contributed by atoms with Gasteiger partial charge >= 0.3 is 5.97 Å². The number of carboxylic acids is 1. The molecule has 1 saturated heterocycles. The van der Waals surface area contributed by atoms with Crippen LogP contribution in [-0.2, 0) is 6.54 Å². The summed E-state index contributed by atoms with van der Waals surface area (Å²) in [6.45, 7) is 4.59. The summed E-state index contributed by atoms with van der Waals surface area (Å²) in [4.78, 5) is 13.1. The highest BCUT2D eigenvalue weighted by atomic mass is 35.5. The lowest BCUT2D eigenvalue weighted by Crippen LogP contribution is -2.47. The molecule has 1 aliphatic rings. The first-order valence-electron chi connectivity index (χ1n) is 6.65. The minimum Gasteiger partial charge on any atom is -0.476 e. The van der Waals surface area contributed by atoms with Gasteiger partial charge in [0.1, 0.15) is 0 Å². The van der Waals surface area contributed by atoms with E-state index in [1.54, 1.807) is 4.68 Å². The molecule has 7 heteroatoms. The Bertz CT molecular complexity index is 679. The van der Waals surface area contributed by atoms with Gasteiger partial charge in [0.15, 0.2) is 5.69 Å². The normalized spacial score (nSPS) is 15.9. The molecule has 3 rings (SSSR count). The van der Waals surface area contributed by atoms with E-state index in [1.165, 1.54) is 17.3 Å². The fraction of sp³-hybridized carbons (Fsp3) is 0.357. The van der Waals surface area contributed by atoms with Crippen molar-refractivity contribution in [2.45, 2.75) is 19.5 Å². The van der Waals surface area contributed by atoms with Gasteiger partial charge in [-0.1, -0.05) is 22.9 Å². The lowest BCUT2D eigenvalue weighted by atomic mass is 10.0. The van der Waals surface area contributed by atoms with Crippen LogP contribution in [0.25, 0.3) is 0 Å². The van der Waals surface area contributed by atoms with E-state index in [2.05, 4.69) is 22.1 Å². The topological polar surface area (TPSA) is 71.2 Å². The van der Waals surface area contributed by atoms with Crippen LogP contribution in [-0.4, -0.2) is 44.1 Å². The number of carboxylic acid groups (broad SMARTS) is 1. The number of aromatic nitrogens is 3. The first-order chi connectivity index (χ1) is 10.0. The van der Waals surface area contributed by atoms with Crippen LogP contribution in [0.1, 0.15) is 27.7 Å². The lowest BCUT2D eigenvalue weighted by molar-refractivity contribution is 0.0690. The number of rotatable bonds is 4. The molecule has 1 N–H and O–H groups in total. The Balaban J connectivity index is 1.59. The molecule has 110 valence electrons. The molecular formula is C14H15ClN4O2. The summed E-state index contributed by atoms with van der Waals surface area (Å²) < 4.78 is 1.63. The summed E-state index contributed by atoms with van der Waals surface area (Å²) in [5.74, 6) is -1.05. The Morgan fingerprint density at radius 3 is 2.86 bits per heavy atom. The van der Waals surface area contributed by atoms with Crippen LogP contribution in [0.3, 0.4) is 0 Å². The Morgan fingerprint density at radius 1 is 1.48 bits per heavy atom. The highest BCUT2D eigenvalue weighted by Gasteiger charge is 2.29. The van der Waals surface area contributed by atoms with E-state index in [4.69, 9.17) is 16.7 Å². The van der Waals surface area contributed by atoms with Crippen molar-refractivity contribution in [2.75, 3.05) is 13.1 Å². The summed E-state index contributed by atoms with van der Waals surface area (Å²) in [5.41, 5.74) is 2.42. The number of nitrogens with zero attached hydrogens (tertiary/aromatic N) is 4. The Labute approximate surface area is 126 Å². The zero-order valence-corrected chi connectivity index (χ0v) is 12.3. The molecular weight excluding hydrogens is 292 g/mol. The standard InChI is InChI=1S/C14H15ClN4O2/c1-9-4-11(15)3-2-10(9)5-18-6-12(7-18)19-8-13(14(20)21)16-17-19/h2-4,8,12H,5-7H2,1H3,(H,20,21). The first kappa shape index (κ1) is 14.0. The molecule has 0 bridgehead atoms. The molecule has 2 aromatic rings. The van der Waals surface area contributed by atoms with Gasteiger partial charge in [0.25, 0.3) is 0 Å². The van der Waals surface area contributed by atoms with Crippen molar-refractivity contribution in [2.24, 2.45) is 0 Å². The molecule has 0 spiro atoms. The van der Waals surface area contributed by atoms with Gasteiger partial charge in [-0.15, -0.1) is 5.10 Å². The van der Waals surface area contributed by atoms with Crippen LogP contribution in [0, 0.1) is 6.92 Å². The van der Waals surface area contributed by atoms with Gasteiger partial charge in [-0.3, -0.25) is 4.90 Å². The zero-order chi connectivity index (χ0) is 15.0. The highest BCUT2D eigenvalue weighted by Crippen LogP contribution is 2.24. The van der Waals surface area contributed by atoms with Gasteiger partial charge in [-0.25, -0.2) is 9.48 Å². The van der Waals surface area contributed by atoms with Crippen LogP contribution < -0.4 is 0 Å². The van der Waals surface area contributed by atoms with Crippen molar-refractivity contribution in [3.05, 3.63) is 46.2 Å². The second kappa shape index (κ2) is 5.46. The number of aromatic carboxylic acids is 1. The van der Waals surface area contributed by atoms with Crippen molar-refractivity contribution in [3.63, 3.8) is 0 Å². The lowest BCUT2D eigenvalue weighted by Gasteiger charge is -2.39.